The zero-order valence-corrected chi connectivity index (χ0v) is 18.9. The first kappa shape index (κ1) is 23.3. The van der Waals surface area contributed by atoms with Crippen molar-refractivity contribution < 1.29 is 28.5 Å². The molecule has 0 bridgehead atoms. The van der Waals surface area contributed by atoms with Crippen LogP contribution in [0.5, 0.6) is 23.0 Å². The van der Waals surface area contributed by atoms with Crippen molar-refractivity contribution in [1.29, 1.82) is 0 Å². The highest BCUT2D eigenvalue weighted by Crippen LogP contribution is 2.35. The molecule has 2 aromatic carbocycles. The molecule has 2 aromatic rings. The third-order valence-corrected chi connectivity index (χ3v) is 5.34. The molecule has 0 atom stereocenters. The van der Waals surface area contributed by atoms with E-state index >= 15 is 0 Å². The molecule has 32 heavy (non-hydrogen) atoms. The summed E-state index contributed by atoms with van der Waals surface area (Å²) < 4.78 is 22.2. The van der Waals surface area contributed by atoms with Crippen molar-refractivity contribution >= 4 is 29.0 Å². The summed E-state index contributed by atoms with van der Waals surface area (Å²) in [6.07, 6.45) is 3.32. The fourth-order valence-corrected chi connectivity index (χ4v) is 3.84. The lowest BCUT2D eigenvalue weighted by Crippen LogP contribution is -2.32. The van der Waals surface area contributed by atoms with Gasteiger partial charge in [-0.3, -0.25) is 14.5 Å². The van der Waals surface area contributed by atoms with Gasteiger partial charge in [0.15, 0.2) is 23.0 Å². The molecule has 0 aromatic heterocycles. The van der Waals surface area contributed by atoms with Gasteiger partial charge in [0.2, 0.25) is 0 Å². The Kier molecular flexibility index (Phi) is 8.21. The molecular weight excluding hydrogens is 430 g/mol. The second kappa shape index (κ2) is 11.3. The number of thioether (sulfide) groups is 1. The van der Waals surface area contributed by atoms with Crippen LogP contribution in [0.4, 0.5) is 4.79 Å². The van der Waals surface area contributed by atoms with Crippen LogP contribution in [-0.2, 0) is 4.79 Å². The molecule has 1 fully saturated rings. The highest BCUT2D eigenvalue weighted by molar-refractivity contribution is 8.18. The maximum Gasteiger partial charge on any atom is 0.293 e. The molecule has 0 N–H and O–H groups in total. The van der Waals surface area contributed by atoms with E-state index in [4.69, 9.17) is 18.9 Å². The van der Waals surface area contributed by atoms with Crippen LogP contribution in [0.1, 0.15) is 12.5 Å². The first-order valence-electron chi connectivity index (χ1n) is 10.1. The number of amides is 2. The molecule has 3 rings (SSSR count). The molecule has 0 saturated carbocycles. The Balaban J connectivity index is 1.68. The Hall–Kier alpha value is -3.39. The van der Waals surface area contributed by atoms with E-state index in [1.54, 1.807) is 49.6 Å². The van der Waals surface area contributed by atoms with Crippen LogP contribution in [0.15, 0.2) is 60.0 Å². The van der Waals surface area contributed by atoms with Crippen LogP contribution >= 0.6 is 11.8 Å². The van der Waals surface area contributed by atoms with Gasteiger partial charge in [-0.15, -0.1) is 0 Å². The van der Waals surface area contributed by atoms with Crippen LogP contribution in [0, 0.1) is 0 Å². The van der Waals surface area contributed by atoms with E-state index in [0.717, 1.165) is 17.3 Å². The summed E-state index contributed by atoms with van der Waals surface area (Å²) in [5.41, 5.74) is 0.732. The van der Waals surface area contributed by atoms with Gasteiger partial charge in [0.1, 0.15) is 13.2 Å². The number of rotatable bonds is 11. The van der Waals surface area contributed by atoms with Gasteiger partial charge in [-0.25, -0.2) is 0 Å². The quantitative estimate of drug-likeness (QED) is 0.357. The molecule has 1 aliphatic heterocycles. The largest absolute Gasteiger partial charge is 0.493 e. The Labute approximate surface area is 191 Å². The van der Waals surface area contributed by atoms with E-state index in [-0.39, 0.29) is 24.3 Å². The Bertz CT molecular complexity index is 1020. The van der Waals surface area contributed by atoms with Crippen molar-refractivity contribution in [3.63, 3.8) is 0 Å². The molecule has 2 amide bonds. The summed E-state index contributed by atoms with van der Waals surface area (Å²) in [4.78, 5) is 26.7. The predicted molar refractivity (Wildman–Crippen MR) is 124 cm³/mol. The molecular formula is C24H25NO6S. The molecule has 8 heteroatoms. The summed E-state index contributed by atoms with van der Waals surface area (Å²) in [5.74, 6) is 1.94. The van der Waals surface area contributed by atoms with Crippen LogP contribution in [0.2, 0.25) is 0 Å². The second-order valence-electron chi connectivity index (χ2n) is 6.57. The van der Waals surface area contributed by atoms with Gasteiger partial charge in [-0.1, -0.05) is 30.9 Å². The number of carbonyl (C=O) groups excluding carboxylic acids is 2. The van der Waals surface area contributed by atoms with Crippen molar-refractivity contribution in [2.24, 2.45) is 0 Å². The summed E-state index contributed by atoms with van der Waals surface area (Å²) in [5, 5.41) is -0.333. The minimum atomic E-state index is -0.353. The molecule has 168 valence electrons. The summed E-state index contributed by atoms with van der Waals surface area (Å²) in [6, 6.07) is 12.6. The molecule has 0 spiro atoms. The lowest BCUT2D eigenvalue weighted by Gasteiger charge is -2.14. The predicted octanol–water partition coefficient (Wildman–Crippen LogP) is 4.77. The van der Waals surface area contributed by atoms with E-state index in [9.17, 15) is 9.59 Å². The molecule has 1 aliphatic rings. The summed E-state index contributed by atoms with van der Waals surface area (Å²) >= 11 is 0.901. The van der Waals surface area contributed by atoms with Gasteiger partial charge in [-0.2, -0.15) is 0 Å². The summed E-state index contributed by atoms with van der Waals surface area (Å²) in [6.45, 7) is 6.64. The Morgan fingerprint density at radius 2 is 1.75 bits per heavy atom. The third-order valence-electron chi connectivity index (χ3n) is 4.44. The zero-order valence-electron chi connectivity index (χ0n) is 18.0. The number of benzene rings is 2. The minimum absolute atomic E-state index is 0.137. The maximum absolute atomic E-state index is 12.8. The molecule has 0 unspecified atom stereocenters. The average Bonchev–Trinajstić information content (AvgIpc) is 3.06. The number of hydrogen-bond donors (Lipinski definition) is 0. The number of methoxy groups -OCH3 is 1. The monoisotopic (exact) mass is 455 g/mol. The van der Waals surface area contributed by atoms with Gasteiger partial charge in [0, 0.05) is 0 Å². The first-order valence-corrected chi connectivity index (χ1v) is 10.9. The molecule has 0 aliphatic carbocycles. The SMILES string of the molecule is C=CCOc1ccc(/C=C2\SC(=O)N(CCOc3ccccc3OC)C2=O)cc1OCC. The van der Waals surface area contributed by atoms with E-state index < -0.39 is 0 Å². The third kappa shape index (κ3) is 5.64. The van der Waals surface area contributed by atoms with Gasteiger partial charge in [0.25, 0.3) is 11.1 Å². The van der Waals surface area contributed by atoms with Crippen molar-refractivity contribution in [2.75, 3.05) is 33.5 Å². The van der Waals surface area contributed by atoms with Crippen molar-refractivity contribution in [3.8, 4) is 23.0 Å². The lowest BCUT2D eigenvalue weighted by molar-refractivity contribution is -0.123. The zero-order chi connectivity index (χ0) is 22.9. The maximum atomic E-state index is 12.8. The normalized spacial score (nSPS) is 14.6. The van der Waals surface area contributed by atoms with E-state index in [0.29, 0.717) is 41.1 Å². The number of nitrogens with zero attached hydrogens (tertiary/aromatic N) is 1. The second-order valence-corrected chi connectivity index (χ2v) is 7.56. The standard InChI is InChI=1S/C24H25NO6S/c1-4-13-30-20-11-10-17(15-21(20)29-5-2)16-22-23(26)25(24(27)32-22)12-14-31-19-9-7-6-8-18(19)28-3/h4,6-11,15-16H,1,5,12-14H2,2-3H3/b22-16-. The topological polar surface area (TPSA) is 74.3 Å². The number of para-hydroxylation sites is 2. The highest BCUT2D eigenvalue weighted by atomic mass is 32.2. The number of ether oxygens (including phenoxy) is 4. The van der Waals surface area contributed by atoms with Crippen molar-refractivity contribution in [1.82, 2.24) is 4.90 Å². The summed E-state index contributed by atoms with van der Waals surface area (Å²) in [7, 11) is 1.55. The molecule has 1 saturated heterocycles. The Morgan fingerprint density at radius 1 is 1.00 bits per heavy atom. The van der Waals surface area contributed by atoms with E-state index in [1.165, 1.54) is 4.90 Å². The highest BCUT2D eigenvalue weighted by Gasteiger charge is 2.34. The fourth-order valence-electron chi connectivity index (χ4n) is 2.98. The van der Waals surface area contributed by atoms with Crippen LogP contribution in [0.3, 0.4) is 0 Å². The Morgan fingerprint density at radius 3 is 2.47 bits per heavy atom. The van der Waals surface area contributed by atoms with Gasteiger partial charge < -0.3 is 18.9 Å². The average molecular weight is 456 g/mol. The lowest BCUT2D eigenvalue weighted by atomic mass is 10.2. The van der Waals surface area contributed by atoms with Gasteiger partial charge in [-0.05, 0) is 54.6 Å². The number of imide groups is 1. The van der Waals surface area contributed by atoms with Crippen LogP contribution in [-0.4, -0.2) is 49.5 Å². The van der Waals surface area contributed by atoms with Crippen molar-refractivity contribution in [2.45, 2.75) is 6.92 Å². The number of carbonyl (C=O) groups is 2. The molecule has 0 radical (unpaired) electrons. The smallest absolute Gasteiger partial charge is 0.293 e. The van der Waals surface area contributed by atoms with E-state index in [1.807, 2.05) is 19.1 Å². The van der Waals surface area contributed by atoms with Crippen molar-refractivity contribution in [3.05, 3.63) is 65.6 Å². The van der Waals surface area contributed by atoms with Gasteiger partial charge in [0.05, 0.1) is 25.2 Å². The van der Waals surface area contributed by atoms with E-state index in [2.05, 4.69) is 6.58 Å². The van der Waals surface area contributed by atoms with Crippen LogP contribution < -0.4 is 18.9 Å². The van der Waals surface area contributed by atoms with Gasteiger partial charge >= 0.3 is 0 Å². The minimum Gasteiger partial charge on any atom is -0.493 e. The fraction of sp³-hybridized carbons (Fsp3) is 0.250. The first-order chi connectivity index (χ1) is 15.6. The van der Waals surface area contributed by atoms with Crippen LogP contribution in [0.25, 0.3) is 6.08 Å². The number of hydrogen-bond acceptors (Lipinski definition) is 7. The molecule has 1 heterocycles. The molecule has 7 nitrogen and oxygen atoms in total.